The Hall–Kier alpha value is -3.72. The van der Waals surface area contributed by atoms with Crippen LogP contribution in [-0.2, 0) is 9.59 Å². The lowest BCUT2D eigenvalue weighted by atomic mass is 10.1. The lowest BCUT2D eigenvalue weighted by Gasteiger charge is -2.37. The highest BCUT2D eigenvalue weighted by molar-refractivity contribution is 6.32. The number of fused-ring (bicyclic) bond motifs is 2. The van der Waals surface area contributed by atoms with Gasteiger partial charge < -0.3 is 28.4 Å². The molecule has 182 valence electrons. The van der Waals surface area contributed by atoms with Crippen LogP contribution in [0.4, 0.5) is 0 Å². The van der Waals surface area contributed by atoms with E-state index in [1.165, 1.54) is 12.1 Å². The number of benzene rings is 2. The Morgan fingerprint density at radius 1 is 1.06 bits per heavy atom. The number of rotatable bonds is 4. The fourth-order valence-corrected chi connectivity index (χ4v) is 4.40. The number of ether oxygens (including phenoxy) is 3. The molecule has 0 N–H and O–H groups in total. The summed E-state index contributed by atoms with van der Waals surface area (Å²) < 4.78 is 22.3. The van der Waals surface area contributed by atoms with Gasteiger partial charge in [-0.15, -0.1) is 0 Å². The molecule has 1 fully saturated rings. The van der Waals surface area contributed by atoms with Crippen molar-refractivity contribution in [2.45, 2.75) is 13.0 Å². The van der Waals surface area contributed by atoms with Crippen molar-refractivity contribution in [1.29, 1.82) is 0 Å². The molecule has 2 amide bonds. The van der Waals surface area contributed by atoms with Crippen LogP contribution in [0.1, 0.15) is 5.56 Å². The van der Waals surface area contributed by atoms with Crippen molar-refractivity contribution in [3.8, 4) is 17.2 Å². The maximum Gasteiger partial charge on any atom is 0.336 e. The zero-order chi connectivity index (χ0) is 24.5. The predicted octanol–water partition coefficient (Wildman–Crippen LogP) is 2.64. The van der Waals surface area contributed by atoms with Crippen LogP contribution < -0.4 is 19.8 Å². The molecule has 0 unspecified atom stereocenters. The van der Waals surface area contributed by atoms with Crippen LogP contribution in [0.15, 0.2) is 51.7 Å². The lowest BCUT2D eigenvalue weighted by Crippen LogP contribution is -2.55. The van der Waals surface area contributed by atoms with Gasteiger partial charge in [0.25, 0.3) is 11.8 Å². The van der Waals surface area contributed by atoms with Crippen molar-refractivity contribution in [3.63, 3.8) is 0 Å². The third-order valence-corrected chi connectivity index (χ3v) is 6.38. The van der Waals surface area contributed by atoms with Gasteiger partial charge in [0.1, 0.15) is 17.9 Å². The quantitative estimate of drug-likeness (QED) is 0.510. The number of amides is 2. The van der Waals surface area contributed by atoms with Gasteiger partial charge in [0.2, 0.25) is 6.10 Å². The van der Waals surface area contributed by atoms with Gasteiger partial charge in [0.15, 0.2) is 18.1 Å². The summed E-state index contributed by atoms with van der Waals surface area (Å²) in [5.74, 6) is 1.03. The minimum absolute atomic E-state index is 0.148. The largest absolute Gasteiger partial charge is 0.485 e. The van der Waals surface area contributed by atoms with Crippen LogP contribution in [0.5, 0.6) is 17.2 Å². The van der Waals surface area contributed by atoms with E-state index in [4.69, 9.17) is 30.2 Å². The Morgan fingerprint density at radius 3 is 2.54 bits per heavy atom. The second kappa shape index (κ2) is 9.50. The summed E-state index contributed by atoms with van der Waals surface area (Å²) in [4.78, 5) is 40.6. The van der Waals surface area contributed by atoms with Crippen LogP contribution in [0.3, 0.4) is 0 Å². The molecule has 2 aliphatic rings. The maximum atomic E-state index is 12.9. The standard InChI is InChI=1S/C25H23ClN2O7/c1-15-10-24(30)35-20-12-21(17(26)11-16(15)20)33-14-23(29)27-6-8-28(9-7-27)25(31)22-13-32-18-4-2-3-5-19(18)34-22/h2-5,10-12,22H,6-9,13-14H2,1H3/t22-/m1/s1. The van der Waals surface area contributed by atoms with E-state index in [1.807, 2.05) is 12.1 Å². The lowest BCUT2D eigenvalue weighted by molar-refractivity contribution is -0.146. The van der Waals surface area contributed by atoms with Crippen molar-refractivity contribution in [2.24, 2.45) is 0 Å². The van der Waals surface area contributed by atoms with E-state index in [2.05, 4.69) is 0 Å². The van der Waals surface area contributed by atoms with E-state index < -0.39 is 11.7 Å². The molecule has 2 aromatic carbocycles. The number of carbonyl (C=O) groups is 2. The number of hydrogen-bond donors (Lipinski definition) is 0. The Kier molecular flexibility index (Phi) is 6.25. The molecule has 10 heteroatoms. The van der Waals surface area contributed by atoms with Gasteiger partial charge in [-0.1, -0.05) is 23.7 Å². The van der Waals surface area contributed by atoms with Crippen LogP contribution in [0, 0.1) is 6.92 Å². The first-order chi connectivity index (χ1) is 16.9. The fraction of sp³-hybridized carbons (Fsp3) is 0.320. The van der Waals surface area contributed by atoms with Crippen molar-refractivity contribution >= 4 is 34.4 Å². The molecule has 1 saturated heterocycles. The second-order valence-corrected chi connectivity index (χ2v) is 8.79. The van der Waals surface area contributed by atoms with Crippen molar-refractivity contribution < 1.29 is 28.2 Å². The zero-order valence-electron chi connectivity index (χ0n) is 19.0. The Morgan fingerprint density at radius 2 is 1.77 bits per heavy atom. The number of hydrogen-bond acceptors (Lipinski definition) is 7. The number of aryl methyl sites for hydroxylation is 1. The molecule has 5 rings (SSSR count). The number of para-hydroxylation sites is 2. The molecule has 0 aliphatic carbocycles. The van der Waals surface area contributed by atoms with Crippen molar-refractivity contribution in [2.75, 3.05) is 39.4 Å². The van der Waals surface area contributed by atoms with E-state index in [0.29, 0.717) is 53.7 Å². The monoisotopic (exact) mass is 498 g/mol. The molecule has 0 saturated carbocycles. The molecular formula is C25H23ClN2O7. The zero-order valence-corrected chi connectivity index (χ0v) is 19.7. The summed E-state index contributed by atoms with van der Waals surface area (Å²) >= 11 is 6.31. The van der Waals surface area contributed by atoms with E-state index in [0.717, 1.165) is 5.56 Å². The molecular weight excluding hydrogens is 476 g/mol. The third-order valence-electron chi connectivity index (χ3n) is 6.08. The van der Waals surface area contributed by atoms with Gasteiger partial charge in [-0.05, 0) is 30.7 Å². The molecule has 1 aromatic heterocycles. The third kappa shape index (κ3) is 4.77. The first kappa shape index (κ1) is 23.0. The van der Waals surface area contributed by atoms with Crippen LogP contribution in [0.25, 0.3) is 11.0 Å². The molecule has 35 heavy (non-hydrogen) atoms. The summed E-state index contributed by atoms with van der Waals surface area (Å²) in [7, 11) is 0. The molecule has 3 heterocycles. The summed E-state index contributed by atoms with van der Waals surface area (Å²) in [6.45, 7) is 3.21. The summed E-state index contributed by atoms with van der Waals surface area (Å²) in [5.41, 5.74) is 0.606. The van der Waals surface area contributed by atoms with E-state index in [9.17, 15) is 14.4 Å². The number of nitrogens with zero attached hydrogens (tertiary/aromatic N) is 2. The first-order valence-electron chi connectivity index (χ1n) is 11.2. The van der Waals surface area contributed by atoms with E-state index >= 15 is 0 Å². The topological polar surface area (TPSA) is 98.5 Å². The van der Waals surface area contributed by atoms with Gasteiger partial charge in [0, 0.05) is 43.7 Å². The number of halogens is 1. The summed E-state index contributed by atoms with van der Waals surface area (Å²) in [6.07, 6.45) is -0.714. The summed E-state index contributed by atoms with van der Waals surface area (Å²) in [5, 5.41) is 1.01. The highest BCUT2D eigenvalue weighted by atomic mass is 35.5. The molecule has 3 aromatic rings. The van der Waals surface area contributed by atoms with Gasteiger partial charge in [-0.25, -0.2) is 4.79 Å². The number of carbonyl (C=O) groups excluding carboxylic acids is 2. The molecule has 0 radical (unpaired) electrons. The highest BCUT2D eigenvalue weighted by Gasteiger charge is 2.33. The van der Waals surface area contributed by atoms with Crippen molar-refractivity contribution in [3.05, 3.63) is 63.5 Å². The summed E-state index contributed by atoms with van der Waals surface area (Å²) in [6, 6.07) is 11.8. The Bertz CT molecular complexity index is 1350. The van der Waals surface area contributed by atoms with E-state index in [1.54, 1.807) is 34.9 Å². The molecule has 2 aliphatic heterocycles. The van der Waals surface area contributed by atoms with E-state index in [-0.39, 0.29) is 30.8 Å². The average molecular weight is 499 g/mol. The Balaban J connectivity index is 1.15. The van der Waals surface area contributed by atoms with Crippen LogP contribution >= 0.6 is 11.6 Å². The van der Waals surface area contributed by atoms with Gasteiger partial charge >= 0.3 is 5.63 Å². The first-order valence-corrected chi connectivity index (χ1v) is 11.6. The fourth-order valence-electron chi connectivity index (χ4n) is 4.18. The average Bonchev–Trinajstić information content (AvgIpc) is 2.87. The minimum atomic E-state index is -0.714. The molecule has 1 atom stereocenters. The molecule has 0 spiro atoms. The SMILES string of the molecule is Cc1cc(=O)oc2cc(OCC(=O)N3CCN(C(=O)[C@H]4COc5ccccc5O4)CC3)c(Cl)cc12. The van der Waals surface area contributed by atoms with Gasteiger partial charge in [0.05, 0.1) is 5.02 Å². The highest BCUT2D eigenvalue weighted by Crippen LogP contribution is 2.32. The van der Waals surface area contributed by atoms with Crippen LogP contribution in [0.2, 0.25) is 5.02 Å². The van der Waals surface area contributed by atoms with Crippen molar-refractivity contribution in [1.82, 2.24) is 9.80 Å². The molecule has 9 nitrogen and oxygen atoms in total. The van der Waals surface area contributed by atoms with Gasteiger partial charge in [-0.3, -0.25) is 9.59 Å². The normalized spacial score (nSPS) is 17.4. The molecule has 0 bridgehead atoms. The van der Waals surface area contributed by atoms with Crippen LogP contribution in [-0.4, -0.2) is 67.1 Å². The number of piperazine rings is 1. The maximum absolute atomic E-state index is 12.9. The predicted molar refractivity (Wildman–Crippen MR) is 127 cm³/mol. The second-order valence-electron chi connectivity index (χ2n) is 8.39. The minimum Gasteiger partial charge on any atom is -0.485 e. The Labute approximate surface area is 205 Å². The van der Waals surface area contributed by atoms with Gasteiger partial charge in [-0.2, -0.15) is 0 Å². The smallest absolute Gasteiger partial charge is 0.336 e.